The Hall–Kier alpha value is -0.550. The second-order valence-corrected chi connectivity index (χ2v) is 4.05. The SMILES string of the molecule is CSC(=S)c1ccc(C(F)(F)F)cc1. The Morgan fingerprint density at radius 3 is 2.07 bits per heavy atom. The number of thiocarbonyl (C=S) groups is 1. The van der Waals surface area contributed by atoms with Crippen LogP contribution in [-0.2, 0) is 6.18 Å². The number of alkyl halides is 3. The number of thioether (sulfide) groups is 1. The van der Waals surface area contributed by atoms with Crippen LogP contribution in [0.1, 0.15) is 11.1 Å². The lowest BCUT2D eigenvalue weighted by Crippen LogP contribution is -2.04. The summed E-state index contributed by atoms with van der Waals surface area (Å²) in [4.78, 5) is 0. The first kappa shape index (κ1) is 11.5. The van der Waals surface area contributed by atoms with Gasteiger partial charge >= 0.3 is 6.18 Å². The monoisotopic (exact) mass is 236 g/mol. The van der Waals surface area contributed by atoms with Gasteiger partial charge in [-0.25, -0.2) is 0 Å². The van der Waals surface area contributed by atoms with Crippen LogP contribution in [0, 0.1) is 0 Å². The molecule has 0 aliphatic rings. The normalized spacial score (nSPS) is 11.4. The van der Waals surface area contributed by atoms with E-state index in [0.29, 0.717) is 9.76 Å². The van der Waals surface area contributed by atoms with E-state index in [9.17, 15) is 13.2 Å². The Balaban J connectivity index is 2.95. The highest BCUT2D eigenvalue weighted by Crippen LogP contribution is 2.29. The number of benzene rings is 1. The Kier molecular flexibility index (Phi) is 3.55. The van der Waals surface area contributed by atoms with E-state index >= 15 is 0 Å². The van der Waals surface area contributed by atoms with Gasteiger partial charge in [0.2, 0.25) is 0 Å². The molecular formula is C9H7F3S2. The fraction of sp³-hybridized carbons (Fsp3) is 0.222. The van der Waals surface area contributed by atoms with Gasteiger partial charge in [0.1, 0.15) is 0 Å². The average molecular weight is 236 g/mol. The molecule has 0 atom stereocenters. The summed E-state index contributed by atoms with van der Waals surface area (Å²) in [6.45, 7) is 0. The number of hydrogen-bond acceptors (Lipinski definition) is 2. The number of halogens is 3. The zero-order valence-corrected chi connectivity index (χ0v) is 8.89. The predicted molar refractivity (Wildman–Crippen MR) is 56.7 cm³/mol. The summed E-state index contributed by atoms with van der Waals surface area (Å²) < 4.78 is 37.1. The highest BCUT2D eigenvalue weighted by Gasteiger charge is 2.29. The Morgan fingerprint density at radius 1 is 1.21 bits per heavy atom. The van der Waals surface area contributed by atoms with Gasteiger partial charge < -0.3 is 0 Å². The zero-order valence-electron chi connectivity index (χ0n) is 7.26. The standard InChI is InChI=1S/C9H7F3S2/c1-14-8(13)6-2-4-7(5-3-6)9(10,11)12/h2-5H,1H3. The van der Waals surface area contributed by atoms with Gasteiger partial charge in [0, 0.05) is 0 Å². The van der Waals surface area contributed by atoms with Gasteiger partial charge in [0.25, 0.3) is 0 Å². The largest absolute Gasteiger partial charge is 0.416 e. The van der Waals surface area contributed by atoms with Crippen molar-refractivity contribution in [2.24, 2.45) is 0 Å². The summed E-state index contributed by atoms with van der Waals surface area (Å²) >= 11 is 6.28. The molecule has 0 unspecified atom stereocenters. The van der Waals surface area contributed by atoms with Crippen LogP contribution in [0.3, 0.4) is 0 Å². The molecule has 0 amide bonds. The first-order valence-corrected chi connectivity index (χ1v) is 5.34. The quantitative estimate of drug-likeness (QED) is 0.681. The van der Waals surface area contributed by atoms with Crippen LogP contribution in [0.5, 0.6) is 0 Å². The van der Waals surface area contributed by atoms with Crippen LogP contribution in [0.4, 0.5) is 13.2 Å². The molecule has 0 aliphatic heterocycles. The molecule has 0 fully saturated rings. The Labute approximate surface area is 89.5 Å². The molecule has 0 N–H and O–H groups in total. The van der Waals surface area contributed by atoms with Crippen LogP contribution in [-0.4, -0.2) is 10.5 Å². The fourth-order valence-electron chi connectivity index (χ4n) is 0.913. The molecule has 1 aromatic carbocycles. The molecule has 1 aromatic rings. The lowest BCUT2D eigenvalue weighted by atomic mass is 10.1. The Morgan fingerprint density at radius 2 is 1.71 bits per heavy atom. The van der Waals surface area contributed by atoms with Crippen LogP contribution in [0.15, 0.2) is 24.3 Å². The molecule has 0 radical (unpaired) electrons. The van der Waals surface area contributed by atoms with E-state index in [4.69, 9.17) is 12.2 Å². The van der Waals surface area contributed by atoms with Gasteiger partial charge in [0.15, 0.2) is 0 Å². The van der Waals surface area contributed by atoms with Crippen molar-refractivity contribution >= 4 is 28.2 Å². The molecule has 0 spiro atoms. The van der Waals surface area contributed by atoms with Gasteiger partial charge in [0.05, 0.1) is 9.76 Å². The van der Waals surface area contributed by atoms with Gasteiger partial charge in [-0.3, -0.25) is 0 Å². The minimum Gasteiger partial charge on any atom is -0.166 e. The zero-order chi connectivity index (χ0) is 10.8. The lowest BCUT2D eigenvalue weighted by Gasteiger charge is -2.07. The molecule has 0 saturated carbocycles. The smallest absolute Gasteiger partial charge is 0.166 e. The average Bonchev–Trinajstić information content (AvgIpc) is 2.15. The summed E-state index contributed by atoms with van der Waals surface area (Å²) in [5, 5.41) is 0. The minimum absolute atomic E-state index is 0.596. The fourth-order valence-corrected chi connectivity index (χ4v) is 1.42. The second kappa shape index (κ2) is 4.31. The topological polar surface area (TPSA) is 0 Å². The maximum Gasteiger partial charge on any atom is 0.416 e. The van der Waals surface area contributed by atoms with E-state index in [1.54, 1.807) is 6.26 Å². The van der Waals surface area contributed by atoms with Gasteiger partial charge in [-0.1, -0.05) is 24.4 Å². The van der Waals surface area contributed by atoms with Gasteiger partial charge in [-0.05, 0) is 24.0 Å². The maximum atomic E-state index is 12.2. The van der Waals surface area contributed by atoms with Gasteiger partial charge in [-0.2, -0.15) is 13.2 Å². The highest BCUT2D eigenvalue weighted by atomic mass is 32.2. The van der Waals surface area contributed by atoms with Crippen molar-refractivity contribution in [3.8, 4) is 0 Å². The summed E-state index contributed by atoms with van der Waals surface area (Å²) in [5.41, 5.74) is 0.00523. The van der Waals surface area contributed by atoms with E-state index in [-0.39, 0.29) is 0 Å². The van der Waals surface area contributed by atoms with Gasteiger partial charge in [-0.15, -0.1) is 11.8 Å². The van der Waals surface area contributed by atoms with Crippen molar-refractivity contribution in [2.75, 3.05) is 6.26 Å². The van der Waals surface area contributed by atoms with E-state index in [1.165, 1.54) is 23.9 Å². The van der Waals surface area contributed by atoms with Crippen molar-refractivity contribution in [2.45, 2.75) is 6.18 Å². The lowest BCUT2D eigenvalue weighted by molar-refractivity contribution is -0.137. The third-order valence-electron chi connectivity index (χ3n) is 1.63. The predicted octanol–water partition coefficient (Wildman–Crippen LogP) is 3.74. The first-order valence-electron chi connectivity index (χ1n) is 3.70. The third kappa shape index (κ3) is 2.72. The maximum absolute atomic E-state index is 12.2. The molecule has 76 valence electrons. The number of hydrogen-bond donors (Lipinski definition) is 0. The highest BCUT2D eigenvalue weighted by molar-refractivity contribution is 8.23. The molecule has 0 bridgehead atoms. The van der Waals surface area contributed by atoms with Crippen molar-refractivity contribution in [1.82, 2.24) is 0 Å². The second-order valence-electron chi connectivity index (χ2n) is 2.57. The van der Waals surface area contributed by atoms with Crippen LogP contribution in [0.25, 0.3) is 0 Å². The van der Waals surface area contributed by atoms with Crippen molar-refractivity contribution in [3.05, 3.63) is 35.4 Å². The van der Waals surface area contributed by atoms with Crippen LogP contribution >= 0.6 is 24.0 Å². The van der Waals surface area contributed by atoms with Crippen molar-refractivity contribution in [3.63, 3.8) is 0 Å². The molecular weight excluding hydrogens is 229 g/mol. The molecule has 14 heavy (non-hydrogen) atoms. The molecule has 1 rings (SSSR count). The number of rotatable bonds is 1. The van der Waals surface area contributed by atoms with E-state index in [0.717, 1.165) is 12.1 Å². The van der Waals surface area contributed by atoms with E-state index in [2.05, 4.69) is 0 Å². The third-order valence-corrected chi connectivity index (χ3v) is 2.98. The summed E-state index contributed by atoms with van der Waals surface area (Å²) in [7, 11) is 0. The van der Waals surface area contributed by atoms with Crippen LogP contribution < -0.4 is 0 Å². The Bertz CT molecular complexity index is 327. The molecule has 0 aromatic heterocycles. The van der Waals surface area contributed by atoms with Crippen LogP contribution in [0.2, 0.25) is 0 Å². The molecule has 0 saturated heterocycles. The minimum atomic E-state index is -4.28. The first-order chi connectivity index (χ1) is 6.45. The van der Waals surface area contributed by atoms with E-state index in [1.807, 2.05) is 0 Å². The molecule has 0 nitrogen and oxygen atoms in total. The van der Waals surface area contributed by atoms with E-state index < -0.39 is 11.7 Å². The van der Waals surface area contributed by atoms with Crippen molar-refractivity contribution in [1.29, 1.82) is 0 Å². The molecule has 0 aliphatic carbocycles. The summed E-state index contributed by atoms with van der Waals surface area (Å²) in [6.07, 6.45) is -2.49. The summed E-state index contributed by atoms with van der Waals surface area (Å²) in [6, 6.07) is 4.86. The molecule has 0 heterocycles. The van der Waals surface area contributed by atoms with Crippen molar-refractivity contribution < 1.29 is 13.2 Å². The summed E-state index contributed by atoms with van der Waals surface area (Å²) in [5.74, 6) is 0. The molecule has 5 heteroatoms.